The van der Waals surface area contributed by atoms with Gasteiger partial charge in [-0.2, -0.15) is 5.10 Å². The van der Waals surface area contributed by atoms with Crippen molar-refractivity contribution in [2.45, 2.75) is 70.6 Å². The third-order valence-electron chi connectivity index (χ3n) is 7.15. The van der Waals surface area contributed by atoms with Crippen LogP contribution < -0.4 is 16.1 Å². The molecule has 5 rings (SSSR count). The lowest BCUT2D eigenvalue weighted by Gasteiger charge is -2.33. The first-order valence-electron chi connectivity index (χ1n) is 12.3. The zero-order valence-corrected chi connectivity index (χ0v) is 19.5. The van der Waals surface area contributed by atoms with Crippen LogP contribution in [0.2, 0.25) is 0 Å². The topological polar surface area (TPSA) is 102 Å². The number of carbonyl (C=O) groups is 1. The fraction of sp³-hybridized carbons (Fsp3) is 0.625. The van der Waals surface area contributed by atoms with Gasteiger partial charge in [-0.25, -0.2) is 9.67 Å². The van der Waals surface area contributed by atoms with E-state index in [9.17, 15) is 4.79 Å². The molecular formula is C24H34N6O3. The highest BCUT2D eigenvalue weighted by atomic mass is 16.7. The average Bonchev–Trinajstić information content (AvgIpc) is 3.45. The molecule has 1 spiro atoms. The third kappa shape index (κ3) is 4.31. The number of amides is 1. The molecule has 1 amide bonds. The van der Waals surface area contributed by atoms with Gasteiger partial charge in [0, 0.05) is 50.0 Å². The first kappa shape index (κ1) is 22.2. The molecule has 9 nitrogen and oxygen atoms in total. The minimum absolute atomic E-state index is 0.0697. The number of aryl methyl sites for hydroxylation is 1. The van der Waals surface area contributed by atoms with Crippen LogP contribution in [-0.4, -0.2) is 52.1 Å². The first-order chi connectivity index (χ1) is 16.1. The second-order valence-corrected chi connectivity index (χ2v) is 9.27. The van der Waals surface area contributed by atoms with Crippen molar-refractivity contribution in [2.24, 2.45) is 5.92 Å². The van der Waals surface area contributed by atoms with E-state index >= 15 is 0 Å². The molecule has 2 fully saturated rings. The Bertz CT molecular complexity index is 1030. The van der Waals surface area contributed by atoms with Crippen LogP contribution in [-0.2, 0) is 20.9 Å². The number of anilines is 1. The van der Waals surface area contributed by atoms with E-state index in [4.69, 9.17) is 14.6 Å². The Hall–Kier alpha value is -2.65. The van der Waals surface area contributed by atoms with Gasteiger partial charge < -0.3 is 15.4 Å². The molecule has 33 heavy (non-hydrogen) atoms. The van der Waals surface area contributed by atoms with E-state index in [-0.39, 0.29) is 17.4 Å². The van der Waals surface area contributed by atoms with Gasteiger partial charge in [0.15, 0.2) is 5.65 Å². The van der Waals surface area contributed by atoms with Crippen molar-refractivity contribution < 1.29 is 14.4 Å². The van der Waals surface area contributed by atoms with Crippen molar-refractivity contribution in [1.82, 2.24) is 25.6 Å². The number of aromatic nitrogens is 3. The summed E-state index contributed by atoms with van der Waals surface area (Å²) in [6.07, 6.45) is 11.2. The van der Waals surface area contributed by atoms with Crippen LogP contribution in [0, 0.1) is 5.92 Å². The second kappa shape index (κ2) is 9.30. The molecule has 0 aromatic carbocycles. The Balaban J connectivity index is 1.43. The van der Waals surface area contributed by atoms with Crippen molar-refractivity contribution >= 4 is 28.3 Å². The molecule has 2 aromatic heterocycles. The summed E-state index contributed by atoms with van der Waals surface area (Å²) in [6.45, 7) is 7.03. The highest BCUT2D eigenvalue weighted by Crippen LogP contribution is 2.42. The molecule has 9 heteroatoms. The largest absolute Gasteiger partial charge is 0.381 e. The van der Waals surface area contributed by atoms with Crippen LogP contribution >= 0.6 is 0 Å². The molecule has 0 atom stereocenters. The maximum absolute atomic E-state index is 12.3. The maximum Gasteiger partial charge on any atom is 0.223 e. The summed E-state index contributed by atoms with van der Waals surface area (Å²) < 4.78 is 7.47. The Labute approximate surface area is 194 Å². The van der Waals surface area contributed by atoms with E-state index in [0.717, 1.165) is 86.3 Å². The molecule has 178 valence electrons. The van der Waals surface area contributed by atoms with Crippen molar-refractivity contribution in [2.75, 3.05) is 25.1 Å². The zero-order valence-electron chi connectivity index (χ0n) is 19.5. The summed E-state index contributed by atoms with van der Waals surface area (Å²) in [4.78, 5) is 23.2. The fourth-order valence-corrected chi connectivity index (χ4v) is 5.21. The van der Waals surface area contributed by atoms with Gasteiger partial charge in [-0.1, -0.05) is 0 Å². The third-order valence-corrected chi connectivity index (χ3v) is 7.15. The molecule has 2 aliphatic heterocycles. The minimum atomic E-state index is -0.378. The number of carbonyl (C=O) groups excluding carboxylic acids is 1. The van der Waals surface area contributed by atoms with Crippen molar-refractivity contribution in [3.8, 4) is 0 Å². The summed E-state index contributed by atoms with van der Waals surface area (Å²) in [5, 5.41) is 12.3. The predicted octanol–water partition coefficient (Wildman–Crippen LogP) is 2.98. The van der Waals surface area contributed by atoms with Crippen molar-refractivity contribution in [3.05, 3.63) is 24.0 Å². The van der Waals surface area contributed by atoms with Crippen LogP contribution in [0.1, 0.15) is 57.9 Å². The predicted molar refractivity (Wildman–Crippen MR) is 126 cm³/mol. The Kier molecular flexibility index (Phi) is 6.25. The number of nitrogens with zero attached hydrogens (tertiary/aromatic N) is 3. The zero-order chi connectivity index (χ0) is 22.8. The highest BCUT2D eigenvalue weighted by molar-refractivity contribution is 5.95. The molecule has 2 aromatic rings. The molecule has 1 saturated heterocycles. The Morgan fingerprint density at radius 2 is 2.00 bits per heavy atom. The van der Waals surface area contributed by atoms with E-state index < -0.39 is 0 Å². The number of fused-ring (bicyclic) bond motifs is 1. The van der Waals surface area contributed by atoms with Gasteiger partial charge in [0.2, 0.25) is 5.91 Å². The lowest BCUT2D eigenvalue weighted by molar-refractivity contribution is -0.128. The molecule has 0 bridgehead atoms. The van der Waals surface area contributed by atoms with Crippen LogP contribution in [0.15, 0.2) is 18.5 Å². The van der Waals surface area contributed by atoms with E-state index in [0.29, 0.717) is 12.6 Å². The van der Waals surface area contributed by atoms with Crippen molar-refractivity contribution in [3.63, 3.8) is 0 Å². The number of rotatable bonds is 6. The molecule has 1 aliphatic carbocycles. The van der Waals surface area contributed by atoms with E-state index in [2.05, 4.69) is 34.2 Å². The fourth-order valence-electron chi connectivity index (χ4n) is 5.21. The second-order valence-electron chi connectivity index (χ2n) is 9.27. The standard InChI is InChI=1S/C24H34N6O3/c1-3-25-23(31)16-5-9-24(10-6-16)13-20(29-33-24)18-14-26-22-19(15-27-30(22)4-2)21(18)28-17-7-11-32-12-8-17/h13-17,29H,3-12H2,1-2H3,(H,25,31)(H,26,28). The first-order valence-corrected chi connectivity index (χ1v) is 12.3. The normalized spacial score (nSPS) is 25.8. The van der Waals surface area contributed by atoms with Gasteiger partial charge in [-0.3, -0.25) is 15.1 Å². The molecule has 3 N–H and O–H groups in total. The molecule has 0 unspecified atom stereocenters. The molecular weight excluding hydrogens is 420 g/mol. The van der Waals surface area contributed by atoms with Crippen LogP contribution in [0.5, 0.6) is 0 Å². The number of nitrogens with one attached hydrogen (secondary N) is 3. The van der Waals surface area contributed by atoms with Gasteiger partial charge in [0.1, 0.15) is 5.60 Å². The molecule has 0 radical (unpaired) electrons. The van der Waals surface area contributed by atoms with E-state index in [1.54, 1.807) is 0 Å². The summed E-state index contributed by atoms with van der Waals surface area (Å²) >= 11 is 0. The van der Waals surface area contributed by atoms with E-state index in [1.165, 1.54) is 0 Å². The van der Waals surface area contributed by atoms with Crippen LogP contribution in [0.4, 0.5) is 5.69 Å². The molecule has 4 heterocycles. The summed E-state index contributed by atoms with van der Waals surface area (Å²) in [7, 11) is 0. The lowest BCUT2D eigenvalue weighted by atomic mass is 9.78. The minimum Gasteiger partial charge on any atom is -0.381 e. The lowest BCUT2D eigenvalue weighted by Crippen LogP contribution is -2.39. The summed E-state index contributed by atoms with van der Waals surface area (Å²) in [5.41, 5.74) is 6.66. The summed E-state index contributed by atoms with van der Waals surface area (Å²) in [6, 6.07) is 0.345. The van der Waals surface area contributed by atoms with Gasteiger partial charge >= 0.3 is 0 Å². The number of pyridine rings is 1. The Morgan fingerprint density at radius 3 is 2.73 bits per heavy atom. The monoisotopic (exact) mass is 454 g/mol. The van der Waals surface area contributed by atoms with Gasteiger partial charge in [-0.15, -0.1) is 0 Å². The van der Waals surface area contributed by atoms with Gasteiger partial charge in [-0.05, 0) is 58.4 Å². The molecule has 3 aliphatic rings. The van der Waals surface area contributed by atoms with Crippen molar-refractivity contribution in [1.29, 1.82) is 0 Å². The molecule has 1 saturated carbocycles. The van der Waals surface area contributed by atoms with Gasteiger partial charge in [0.05, 0.1) is 23.0 Å². The van der Waals surface area contributed by atoms with Crippen LogP contribution in [0.3, 0.4) is 0 Å². The van der Waals surface area contributed by atoms with Crippen LogP contribution in [0.25, 0.3) is 16.7 Å². The summed E-state index contributed by atoms with van der Waals surface area (Å²) in [5.74, 6) is 0.230. The number of hydrogen-bond acceptors (Lipinski definition) is 7. The highest BCUT2D eigenvalue weighted by Gasteiger charge is 2.41. The number of hydroxylamine groups is 1. The average molecular weight is 455 g/mol. The maximum atomic E-state index is 12.3. The quantitative estimate of drug-likeness (QED) is 0.617. The number of ether oxygens (including phenoxy) is 1. The number of hydrogen-bond donors (Lipinski definition) is 3. The SMILES string of the molecule is CCNC(=O)C1CCC2(C=C(c3cnc4c(cnn4CC)c3NC3CCOCC3)NO2)CC1. The van der Waals surface area contributed by atoms with E-state index in [1.807, 2.05) is 24.0 Å². The Morgan fingerprint density at radius 1 is 1.21 bits per heavy atom. The smallest absolute Gasteiger partial charge is 0.223 e. The van der Waals surface area contributed by atoms with Gasteiger partial charge in [0.25, 0.3) is 0 Å².